The summed E-state index contributed by atoms with van der Waals surface area (Å²) >= 11 is 3.37. The van der Waals surface area contributed by atoms with Crippen LogP contribution in [0, 0.1) is 0 Å². The van der Waals surface area contributed by atoms with Crippen molar-refractivity contribution in [1.29, 1.82) is 0 Å². The first kappa shape index (κ1) is 14.5. The molecule has 1 amide bonds. The standard InChI is InChI=1S/C15H21BrN2O/c16-14-7-5-13(6-8-14)15(19)17-9-4-12-18-10-2-1-3-11-18/h5-8H,1-4,9-12H2,(H,17,19). The van der Waals surface area contributed by atoms with Gasteiger partial charge in [0.15, 0.2) is 0 Å². The van der Waals surface area contributed by atoms with Gasteiger partial charge in [0.25, 0.3) is 5.91 Å². The second-order valence-corrected chi connectivity index (χ2v) is 5.93. The van der Waals surface area contributed by atoms with E-state index in [4.69, 9.17) is 0 Å². The molecule has 19 heavy (non-hydrogen) atoms. The molecule has 0 aliphatic carbocycles. The van der Waals surface area contributed by atoms with Gasteiger partial charge in [0.2, 0.25) is 0 Å². The molecule has 0 unspecified atom stereocenters. The molecule has 2 rings (SSSR count). The van der Waals surface area contributed by atoms with Crippen LogP contribution in [0.3, 0.4) is 0 Å². The van der Waals surface area contributed by atoms with Gasteiger partial charge >= 0.3 is 0 Å². The van der Waals surface area contributed by atoms with Gasteiger partial charge in [-0.15, -0.1) is 0 Å². The maximum atomic E-state index is 11.9. The molecule has 1 aromatic carbocycles. The van der Waals surface area contributed by atoms with Crippen molar-refractivity contribution in [2.75, 3.05) is 26.2 Å². The fraction of sp³-hybridized carbons (Fsp3) is 0.533. The van der Waals surface area contributed by atoms with Gasteiger partial charge in [0.05, 0.1) is 0 Å². The first-order chi connectivity index (χ1) is 9.25. The highest BCUT2D eigenvalue weighted by atomic mass is 79.9. The second-order valence-electron chi connectivity index (χ2n) is 5.02. The molecular formula is C15H21BrN2O. The maximum absolute atomic E-state index is 11.9. The fourth-order valence-corrected chi connectivity index (χ4v) is 2.66. The van der Waals surface area contributed by atoms with E-state index in [-0.39, 0.29) is 5.91 Å². The zero-order valence-corrected chi connectivity index (χ0v) is 12.8. The van der Waals surface area contributed by atoms with Crippen LogP contribution >= 0.6 is 15.9 Å². The lowest BCUT2D eigenvalue weighted by Crippen LogP contribution is -2.33. The van der Waals surface area contributed by atoms with Crippen molar-refractivity contribution in [1.82, 2.24) is 10.2 Å². The third-order valence-electron chi connectivity index (χ3n) is 3.49. The van der Waals surface area contributed by atoms with Crippen molar-refractivity contribution in [3.63, 3.8) is 0 Å². The average Bonchev–Trinajstić information content (AvgIpc) is 2.45. The SMILES string of the molecule is O=C(NCCCN1CCCCC1)c1ccc(Br)cc1. The van der Waals surface area contributed by atoms with Gasteiger partial charge in [-0.2, -0.15) is 0 Å². The molecule has 0 aromatic heterocycles. The van der Waals surface area contributed by atoms with Gasteiger partial charge in [0.1, 0.15) is 0 Å². The maximum Gasteiger partial charge on any atom is 0.251 e. The van der Waals surface area contributed by atoms with E-state index in [1.165, 1.54) is 32.4 Å². The van der Waals surface area contributed by atoms with Crippen LogP contribution in [0.4, 0.5) is 0 Å². The molecule has 4 heteroatoms. The van der Waals surface area contributed by atoms with Gasteiger partial charge < -0.3 is 10.2 Å². The molecule has 0 atom stereocenters. The number of nitrogens with zero attached hydrogens (tertiary/aromatic N) is 1. The Hall–Kier alpha value is -0.870. The monoisotopic (exact) mass is 324 g/mol. The Morgan fingerprint density at radius 3 is 2.53 bits per heavy atom. The Labute approximate surface area is 123 Å². The number of carbonyl (C=O) groups is 1. The summed E-state index contributed by atoms with van der Waals surface area (Å²) in [5.74, 6) is 0.0196. The molecule has 1 fully saturated rings. The number of benzene rings is 1. The third kappa shape index (κ3) is 4.96. The van der Waals surface area contributed by atoms with Crippen molar-refractivity contribution in [2.45, 2.75) is 25.7 Å². The number of halogens is 1. The quantitative estimate of drug-likeness (QED) is 0.844. The van der Waals surface area contributed by atoms with Crippen LogP contribution < -0.4 is 5.32 Å². The van der Waals surface area contributed by atoms with Gasteiger partial charge in [-0.05, 0) is 63.2 Å². The highest BCUT2D eigenvalue weighted by molar-refractivity contribution is 9.10. The molecule has 1 N–H and O–H groups in total. The average molecular weight is 325 g/mol. The first-order valence-electron chi connectivity index (χ1n) is 7.02. The van der Waals surface area contributed by atoms with E-state index in [1.807, 2.05) is 24.3 Å². The van der Waals surface area contributed by atoms with E-state index in [0.29, 0.717) is 0 Å². The van der Waals surface area contributed by atoms with Crippen LogP contribution in [0.5, 0.6) is 0 Å². The predicted molar refractivity (Wildman–Crippen MR) is 81.4 cm³/mol. The van der Waals surface area contributed by atoms with Crippen LogP contribution in [0.1, 0.15) is 36.0 Å². The largest absolute Gasteiger partial charge is 0.352 e. The minimum atomic E-state index is 0.0196. The smallest absolute Gasteiger partial charge is 0.251 e. The number of nitrogens with one attached hydrogen (secondary N) is 1. The Balaban J connectivity index is 1.64. The Bertz CT molecular complexity index is 399. The summed E-state index contributed by atoms with van der Waals surface area (Å²) < 4.78 is 0.995. The summed E-state index contributed by atoms with van der Waals surface area (Å²) in [5, 5.41) is 2.98. The summed E-state index contributed by atoms with van der Waals surface area (Å²) in [7, 11) is 0. The molecule has 1 aliphatic heterocycles. The molecule has 1 heterocycles. The summed E-state index contributed by atoms with van der Waals surface area (Å²) in [4.78, 5) is 14.4. The number of hydrogen-bond acceptors (Lipinski definition) is 2. The van der Waals surface area contributed by atoms with E-state index >= 15 is 0 Å². The summed E-state index contributed by atoms with van der Waals surface area (Å²) in [6, 6.07) is 7.46. The van der Waals surface area contributed by atoms with Crippen molar-refractivity contribution in [3.8, 4) is 0 Å². The zero-order valence-electron chi connectivity index (χ0n) is 11.2. The van der Waals surface area contributed by atoms with Crippen LogP contribution in [0.2, 0.25) is 0 Å². The van der Waals surface area contributed by atoms with Crippen LogP contribution in [-0.2, 0) is 0 Å². The lowest BCUT2D eigenvalue weighted by Gasteiger charge is -2.26. The summed E-state index contributed by atoms with van der Waals surface area (Å²) in [6.07, 6.45) is 5.05. The molecule has 0 spiro atoms. The number of amides is 1. The summed E-state index contributed by atoms with van der Waals surface area (Å²) in [5.41, 5.74) is 0.723. The third-order valence-corrected chi connectivity index (χ3v) is 4.02. The topological polar surface area (TPSA) is 32.3 Å². The van der Waals surface area contributed by atoms with Gasteiger partial charge in [-0.1, -0.05) is 22.4 Å². The van der Waals surface area contributed by atoms with Crippen molar-refractivity contribution < 1.29 is 4.79 Å². The van der Waals surface area contributed by atoms with Gasteiger partial charge in [-0.25, -0.2) is 0 Å². The highest BCUT2D eigenvalue weighted by Crippen LogP contribution is 2.10. The van der Waals surface area contributed by atoms with Crippen LogP contribution in [0.25, 0.3) is 0 Å². The van der Waals surface area contributed by atoms with Crippen LogP contribution in [0.15, 0.2) is 28.7 Å². The highest BCUT2D eigenvalue weighted by Gasteiger charge is 2.09. The van der Waals surface area contributed by atoms with E-state index in [1.54, 1.807) is 0 Å². The van der Waals surface area contributed by atoms with E-state index in [9.17, 15) is 4.79 Å². The second kappa shape index (κ2) is 7.65. The molecule has 0 bridgehead atoms. The molecular weight excluding hydrogens is 304 g/mol. The van der Waals surface area contributed by atoms with Crippen molar-refractivity contribution in [3.05, 3.63) is 34.3 Å². The van der Waals surface area contributed by atoms with Gasteiger partial charge in [0, 0.05) is 16.6 Å². The fourth-order valence-electron chi connectivity index (χ4n) is 2.39. The Morgan fingerprint density at radius 2 is 1.84 bits per heavy atom. The Morgan fingerprint density at radius 1 is 1.16 bits per heavy atom. The molecule has 0 saturated carbocycles. The molecule has 1 aliphatic rings. The minimum Gasteiger partial charge on any atom is -0.352 e. The van der Waals surface area contributed by atoms with Crippen molar-refractivity contribution in [2.24, 2.45) is 0 Å². The molecule has 0 radical (unpaired) electrons. The lowest BCUT2D eigenvalue weighted by atomic mass is 10.1. The van der Waals surface area contributed by atoms with E-state index in [2.05, 4.69) is 26.1 Å². The molecule has 3 nitrogen and oxygen atoms in total. The lowest BCUT2D eigenvalue weighted by molar-refractivity contribution is 0.0951. The number of piperidine rings is 1. The molecule has 1 aromatic rings. The number of carbonyl (C=O) groups excluding carboxylic acids is 1. The van der Waals surface area contributed by atoms with E-state index in [0.717, 1.165) is 29.5 Å². The number of likely N-dealkylation sites (tertiary alicyclic amines) is 1. The number of rotatable bonds is 5. The van der Waals surface area contributed by atoms with E-state index < -0.39 is 0 Å². The molecule has 1 saturated heterocycles. The summed E-state index contributed by atoms with van der Waals surface area (Å²) in [6.45, 7) is 4.30. The Kier molecular flexibility index (Phi) is 5.86. The first-order valence-corrected chi connectivity index (χ1v) is 7.81. The van der Waals surface area contributed by atoms with Gasteiger partial charge in [-0.3, -0.25) is 4.79 Å². The predicted octanol–water partition coefficient (Wildman–Crippen LogP) is 3.05. The minimum absolute atomic E-state index is 0.0196. The molecule has 104 valence electrons. The zero-order chi connectivity index (χ0) is 13.5. The normalized spacial score (nSPS) is 16.3. The number of hydrogen-bond donors (Lipinski definition) is 1. The van der Waals surface area contributed by atoms with Crippen LogP contribution in [-0.4, -0.2) is 37.0 Å². The van der Waals surface area contributed by atoms with Crippen molar-refractivity contribution >= 4 is 21.8 Å².